The number of carbonyl (C=O) groups excluding carboxylic acids is 2. The van der Waals surface area contributed by atoms with Crippen LogP contribution in [0.3, 0.4) is 0 Å². The van der Waals surface area contributed by atoms with Gasteiger partial charge in [-0.25, -0.2) is 4.68 Å². The summed E-state index contributed by atoms with van der Waals surface area (Å²) < 4.78 is 1.55. The second-order valence-corrected chi connectivity index (χ2v) is 5.84. The van der Waals surface area contributed by atoms with Gasteiger partial charge in [0.1, 0.15) is 6.33 Å². The molecule has 3 N–H and O–H groups in total. The van der Waals surface area contributed by atoms with E-state index in [1.54, 1.807) is 40.3 Å². The Morgan fingerprint density at radius 1 is 1.25 bits per heavy atom. The fraction of sp³-hybridized carbons (Fsp3) is 0.133. The number of aromatic nitrogens is 4. The number of tetrazole rings is 1. The smallest absolute Gasteiger partial charge is 0.248 e. The summed E-state index contributed by atoms with van der Waals surface area (Å²) >= 11 is 1.54. The van der Waals surface area contributed by atoms with Gasteiger partial charge < -0.3 is 11.1 Å². The quantitative estimate of drug-likeness (QED) is 0.703. The van der Waals surface area contributed by atoms with Crippen molar-refractivity contribution in [2.45, 2.75) is 12.5 Å². The summed E-state index contributed by atoms with van der Waals surface area (Å²) in [6.45, 7) is 0. The number of hydrogen-bond acceptors (Lipinski definition) is 6. The van der Waals surface area contributed by atoms with Crippen LogP contribution < -0.4 is 11.1 Å². The van der Waals surface area contributed by atoms with Crippen molar-refractivity contribution in [3.8, 4) is 0 Å². The van der Waals surface area contributed by atoms with Gasteiger partial charge in [0.05, 0.1) is 12.5 Å². The van der Waals surface area contributed by atoms with Crippen molar-refractivity contribution >= 4 is 28.8 Å². The first-order chi connectivity index (χ1) is 11.6. The molecule has 2 heterocycles. The van der Waals surface area contributed by atoms with E-state index in [0.717, 1.165) is 5.56 Å². The van der Waals surface area contributed by atoms with Crippen LogP contribution in [0.2, 0.25) is 0 Å². The maximum Gasteiger partial charge on any atom is 0.248 e. The van der Waals surface area contributed by atoms with Gasteiger partial charge in [0, 0.05) is 11.3 Å². The zero-order valence-electron chi connectivity index (χ0n) is 12.5. The zero-order valence-corrected chi connectivity index (χ0v) is 13.3. The molecule has 0 bridgehead atoms. The molecule has 0 radical (unpaired) electrons. The first kappa shape index (κ1) is 15.8. The summed E-state index contributed by atoms with van der Waals surface area (Å²) in [5.74, 6) is -0.697. The molecule has 2 aromatic heterocycles. The molecule has 0 aliphatic heterocycles. The number of hydrogen-bond donors (Lipinski definition) is 2. The molecule has 24 heavy (non-hydrogen) atoms. The maximum atomic E-state index is 12.4. The number of anilines is 1. The second-order valence-electron chi connectivity index (χ2n) is 5.06. The number of primary amides is 1. The molecule has 1 atom stereocenters. The minimum Gasteiger partial charge on any atom is -0.366 e. The fourth-order valence-corrected chi connectivity index (χ4v) is 2.95. The van der Waals surface area contributed by atoms with E-state index in [1.165, 1.54) is 6.33 Å². The molecule has 2 amide bonds. The normalized spacial score (nSPS) is 11.8. The summed E-state index contributed by atoms with van der Waals surface area (Å²) in [5, 5.41) is 17.8. The first-order valence-corrected chi connectivity index (χ1v) is 8.02. The molecular weight excluding hydrogens is 328 g/mol. The third kappa shape index (κ3) is 3.63. The second kappa shape index (κ2) is 7.01. The Morgan fingerprint density at radius 2 is 2.04 bits per heavy atom. The van der Waals surface area contributed by atoms with E-state index in [1.807, 2.05) is 16.8 Å². The lowest BCUT2D eigenvalue weighted by molar-refractivity contribution is -0.116. The van der Waals surface area contributed by atoms with Crippen molar-refractivity contribution in [1.29, 1.82) is 0 Å². The summed E-state index contributed by atoms with van der Waals surface area (Å²) in [4.78, 5) is 23.4. The van der Waals surface area contributed by atoms with Gasteiger partial charge in [-0.2, -0.15) is 11.3 Å². The molecule has 0 spiro atoms. The van der Waals surface area contributed by atoms with Crippen LogP contribution in [0.5, 0.6) is 0 Å². The number of carbonyl (C=O) groups is 2. The van der Waals surface area contributed by atoms with Crippen molar-refractivity contribution in [2.75, 3.05) is 5.32 Å². The van der Waals surface area contributed by atoms with Crippen LogP contribution in [-0.2, 0) is 4.79 Å². The molecule has 8 nitrogen and oxygen atoms in total. The Kier molecular flexibility index (Phi) is 4.62. The Morgan fingerprint density at radius 3 is 2.62 bits per heavy atom. The highest BCUT2D eigenvalue weighted by Gasteiger charge is 2.19. The predicted molar refractivity (Wildman–Crippen MR) is 88.5 cm³/mol. The third-order valence-electron chi connectivity index (χ3n) is 3.44. The van der Waals surface area contributed by atoms with Crippen molar-refractivity contribution < 1.29 is 9.59 Å². The minimum absolute atomic E-state index is 0.180. The lowest BCUT2D eigenvalue weighted by atomic mass is 10.1. The van der Waals surface area contributed by atoms with Gasteiger partial charge in [0.2, 0.25) is 11.8 Å². The van der Waals surface area contributed by atoms with Crippen LogP contribution in [0, 0.1) is 0 Å². The average Bonchev–Trinajstić information content (AvgIpc) is 3.27. The van der Waals surface area contributed by atoms with E-state index in [9.17, 15) is 9.59 Å². The molecule has 1 aromatic carbocycles. The highest BCUT2D eigenvalue weighted by molar-refractivity contribution is 7.08. The lowest BCUT2D eigenvalue weighted by Crippen LogP contribution is -2.20. The van der Waals surface area contributed by atoms with Gasteiger partial charge >= 0.3 is 0 Å². The first-order valence-electron chi connectivity index (χ1n) is 7.08. The summed E-state index contributed by atoms with van der Waals surface area (Å²) in [5.41, 5.74) is 7.13. The number of nitrogens with two attached hydrogens (primary N) is 1. The Hall–Kier alpha value is -3.07. The molecule has 0 saturated heterocycles. The van der Waals surface area contributed by atoms with Gasteiger partial charge in [0.25, 0.3) is 0 Å². The fourth-order valence-electron chi connectivity index (χ4n) is 2.25. The molecule has 1 unspecified atom stereocenters. The predicted octanol–water partition coefficient (Wildman–Crippen LogP) is 1.45. The summed E-state index contributed by atoms with van der Waals surface area (Å²) in [6, 6.07) is 8.05. The van der Waals surface area contributed by atoms with Crippen molar-refractivity contribution in [3.63, 3.8) is 0 Å². The molecule has 3 aromatic rings. The molecule has 0 aliphatic rings. The van der Waals surface area contributed by atoms with Crippen LogP contribution in [-0.4, -0.2) is 32.0 Å². The van der Waals surface area contributed by atoms with Gasteiger partial charge in [-0.3, -0.25) is 9.59 Å². The topological polar surface area (TPSA) is 116 Å². The monoisotopic (exact) mass is 342 g/mol. The van der Waals surface area contributed by atoms with E-state index in [2.05, 4.69) is 20.8 Å². The van der Waals surface area contributed by atoms with Crippen LogP contribution in [0.4, 0.5) is 5.69 Å². The van der Waals surface area contributed by atoms with E-state index in [-0.39, 0.29) is 18.4 Å². The summed E-state index contributed by atoms with van der Waals surface area (Å²) in [7, 11) is 0. The Bertz CT molecular complexity index is 780. The van der Waals surface area contributed by atoms with Crippen molar-refractivity contribution in [3.05, 3.63) is 58.5 Å². The number of thiophene rings is 1. The molecule has 0 saturated carbocycles. The summed E-state index contributed by atoms with van der Waals surface area (Å²) in [6.07, 6.45) is 1.66. The molecular formula is C15H14N6O2S. The van der Waals surface area contributed by atoms with Gasteiger partial charge in [-0.1, -0.05) is 0 Å². The molecule has 122 valence electrons. The van der Waals surface area contributed by atoms with Gasteiger partial charge in [0.15, 0.2) is 0 Å². The molecule has 0 fully saturated rings. The van der Waals surface area contributed by atoms with E-state index in [4.69, 9.17) is 5.73 Å². The van der Waals surface area contributed by atoms with Crippen molar-refractivity contribution in [2.24, 2.45) is 5.73 Å². The number of rotatable bonds is 6. The Labute approximate surface area is 141 Å². The number of nitrogens with one attached hydrogen (secondary N) is 1. The van der Waals surface area contributed by atoms with E-state index in [0.29, 0.717) is 11.3 Å². The van der Waals surface area contributed by atoms with Crippen molar-refractivity contribution in [1.82, 2.24) is 20.2 Å². The third-order valence-corrected chi connectivity index (χ3v) is 4.15. The lowest BCUT2D eigenvalue weighted by Gasteiger charge is -2.15. The van der Waals surface area contributed by atoms with Crippen LogP contribution in [0.1, 0.15) is 28.4 Å². The number of benzene rings is 1. The highest BCUT2D eigenvalue weighted by atomic mass is 32.1. The van der Waals surface area contributed by atoms with E-state index >= 15 is 0 Å². The number of nitrogens with zero attached hydrogens (tertiary/aromatic N) is 4. The zero-order chi connectivity index (χ0) is 16.9. The highest BCUT2D eigenvalue weighted by Crippen LogP contribution is 2.23. The average molecular weight is 342 g/mol. The van der Waals surface area contributed by atoms with Gasteiger partial charge in [-0.05, 0) is 57.1 Å². The minimum atomic E-state index is -0.510. The maximum absolute atomic E-state index is 12.4. The van der Waals surface area contributed by atoms with Crippen LogP contribution >= 0.6 is 11.3 Å². The standard InChI is InChI=1S/C15H14N6O2S/c16-15(23)10-1-3-12(4-2-10)18-14(22)7-13(11-5-6-24-8-11)21-9-17-19-20-21/h1-6,8-9,13H,7H2,(H2,16,23)(H,18,22). The molecule has 9 heteroatoms. The molecule has 0 aliphatic carbocycles. The largest absolute Gasteiger partial charge is 0.366 e. The van der Waals surface area contributed by atoms with Crippen LogP contribution in [0.25, 0.3) is 0 Å². The number of amides is 2. The van der Waals surface area contributed by atoms with Crippen LogP contribution in [0.15, 0.2) is 47.4 Å². The SMILES string of the molecule is NC(=O)c1ccc(NC(=O)CC(c2ccsc2)n2cnnn2)cc1. The Balaban J connectivity index is 1.71. The molecule has 3 rings (SSSR count). The van der Waals surface area contributed by atoms with Gasteiger partial charge in [-0.15, -0.1) is 5.10 Å². The van der Waals surface area contributed by atoms with E-state index < -0.39 is 5.91 Å².